The van der Waals surface area contributed by atoms with Crippen molar-refractivity contribution < 1.29 is 22.8 Å². The van der Waals surface area contributed by atoms with Gasteiger partial charge in [-0.2, -0.15) is 13.2 Å². The summed E-state index contributed by atoms with van der Waals surface area (Å²) in [6.45, 7) is 0.544. The van der Waals surface area contributed by atoms with E-state index in [4.69, 9.17) is 0 Å². The fourth-order valence-corrected chi connectivity index (χ4v) is 3.80. The van der Waals surface area contributed by atoms with Crippen molar-refractivity contribution in [2.24, 2.45) is 0 Å². The molecule has 1 heterocycles. The first-order valence-corrected chi connectivity index (χ1v) is 10.5. The Morgan fingerprint density at radius 2 is 1.52 bits per heavy atom. The first-order chi connectivity index (χ1) is 15.8. The van der Waals surface area contributed by atoms with Crippen LogP contribution in [0.25, 0.3) is 11.1 Å². The van der Waals surface area contributed by atoms with Crippen LogP contribution < -0.4 is 15.5 Å². The summed E-state index contributed by atoms with van der Waals surface area (Å²) in [5, 5.41) is 5.12. The summed E-state index contributed by atoms with van der Waals surface area (Å²) in [4.78, 5) is 27.0. The minimum atomic E-state index is -4.45. The van der Waals surface area contributed by atoms with Crippen LogP contribution in [0.3, 0.4) is 0 Å². The van der Waals surface area contributed by atoms with Gasteiger partial charge in [0.25, 0.3) is 0 Å². The zero-order valence-electron chi connectivity index (χ0n) is 17.6. The van der Waals surface area contributed by atoms with E-state index in [2.05, 4.69) is 10.6 Å². The third kappa shape index (κ3) is 5.34. The molecule has 0 radical (unpaired) electrons. The Labute approximate surface area is 189 Å². The molecule has 8 heteroatoms. The molecule has 0 aromatic heterocycles. The van der Waals surface area contributed by atoms with E-state index in [0.29, 0.717) is 19.4 Å². The highest BCUT2D eigenvalue weighted by atomic mass is 19.4. The van der Waals surface area contributed by atoms with E-state index >= 15 is 0 Å². The highest BCUT2D eigenvalue weighted by Gasteiger charge is 2.31. The zero-order chi connectivity index (χ0) is 23.4. The number of nitrogens with one attached hydrogen (secondary N) is 2. The first kappa shape index (κ1) is 22.4. The smallest absolute Gasteiger partial charge is 0.326 e. The molecule has 0 bridgehead atoms. The molecule has 33 heavy (non-hydrogen) atoms. The molecule has 0 spiro atoms. The van der Waals surface area contributed by atoms with Gasteiger partial charge in [-0.15, -0.1) is 0 Å². The van der Waals surface area contributed by atoms with Crippen LogP contribution in [0.1, 0.15) is 18.4 Å². The Hall–Kier alpha value is -3.81. The summed E-state index contributed by atoms with van der Waals surface area (Å²) in [6, 6.07) is 20.3. The molecule has 1 fully saturated rings. The van der Waals surface area contributed by atoms with Crippen molar-refractivity contribution in [2.75, 3.05) is 16.8 Å². The standard InChI is InChI=1S/C25H22F3N3O2/c26-25(27,28)19-10-12-20(13-11-19)29-24(33)30-22-7-4-16-31(23(22)32)21-14-8-18(9-15-21)17-5-2-1-3-6-17/h1-3,5-6,8-15,22H,4,7,16H2,(H2,29,30,33). The molecule has 2 N–H and O–H groups in total. The predicted molar refractivity (Wildman–Crippen MR) is 121 cm³/mol. The third-order valence-electron chi connectivity index (χ3n) is 5.50. The van der Waals surface area contributed by atoms with Gasteiger partial charge in [-0.3, -0.25) is 4.79 Å². The number of hydrogen-bond acceptors (Lipinski definition) is 2. The minimum Gasteiger partial charge on any atom is -0.326 e. The Morgan fingerprint density at radius 3 is 2.15 bits per heavy atom. The number of rotatable bonds is 4. The lowest BCUT2D eigenvalue weighted by Crippen LogP contribution is -2.53. The second-order valence-corrected chi connectivity index (χ2v) is 7.77. The van der Waals surface area contributed by atoms with Gasteiger partial charge in [-0.05, 0) is 60.4 Å². The van der Waals surface area contributed by atoms with E-state index in [1.807, 2.05) is 54.6 Å². The minimum absolute atomic E-state index is 0.206. The van der Waals surface area contributed by atoms with E-state index in [1.54, 1.807) is 4.90 Å². The van der Waals surface area contributed by atoms with Gasteiger partial charge in [0.1, 0.15) is 6.04 Å². The van der Waals surface area contributed by atoms with Crippen LogP contribution in [0, 0.1) is 0 Å². The molecule has 1 unspecified atom stereocenters. The summed E-state index contributed by atoms with van der Waals surface area (Å²) < 4.78 is 38.0. The summed E-state index contributed by atoms with van der Waals surface area (Å²) >= 11 is 0. The quantitative estimate of drug-likeness (QED) is 0.533. The molecule has 170 valence electrons. The van der Waals surface area contributed by atoms with Crippen molar-refractivity contribution in [1.82, 2.24) is 5.32 Å². The number of halogens is 3. The van der Waals surface area contributed by atoms with Gasteiger partial charge >= 0.3 is 12.2 Å². The van der Waals surface area contributed by atoms with Crippen molar-refractivity contribution in [3.63, 3.8) is 0 Å². The highest BCUT2D eigenvalue weighted by molar-refractivity contribution is 6.01. The fourth-order valence-electron chi connectivity index (χ4n) is 3.80. The van der Waals surface area contributed by atoms with Gasteiger partial charge in [0.05, 0.1) is 5.56 Å². The number of anilines is 2. The monoisotopic (exact) mass is 453 g/mol. The number of piperidine rings is 1. The molecule has 3 amide bonds. The Bertz CT molecular complexity index is 1110. The maximum Gasteiger partial charge on any atom is 0.416 e. The summed E-state index contributed by atoms with van der Waals surface area (Å²) in [6.07, 6.45) is -3.26. The molecule has 1 aliphatic heterocycles. The number of alkyl halides is 3. The average Bonchev–Trinajstić information content (AvgIpc) is 2.81. The van der Waals surface area contributed by atoms with Gasteiger partial charge in [0.2, 0.25) is 5.91 Å². The molecular weight excluding hydrogens is 431 g/mol. The predicted octanol–water partition coefficient (Wildman–Crippen LogP) is 5.69. The Morgan fingerprint density at radius 1 is 0.879 bits per heavy atom. The fraction of sp³-hybridized carbons (Fsp3) is 0.200. The van der Waals surface area contributed by atoms with E-state index < -0.39 is 23.8 Å². The van der Waals surface area contributed by atoms with Crippen molar-refractivity contribution in [2.45, 2.75) is 25.1 Å². The number of urea groups is 1. The molecule has 4 rings (SSSR count). The Kier molecular flexibility index (Phi) is 6.35. The average molecular weight is 453 g/mol. The van der Waals surface area contributed by atoms with Crippen LogP contribution >= 0.6 is 0 Å². The van der Waals surface area contributed by atoms with Crippen LogP contribution in [0.2, 0.25) is 0 Å². The molecule has 3 aromatic carbocycles. The lowest BCUT2D eigenvalue weighted by Gasteiger charge is -2.32. The zero-order valence-corrected chi connectivity index (χ0v) is 17.6. The van der Waals surface area contributed by atoms with E-state index in [-0.39, 0.29) is 11.6 Å². The second-order valence-electron chi connectivity index (χ2n) is 7.77. The number of amides is 3. The Balaban J connectivity index is 1.38. The number of nitrogens with zero attached hydrogens (tertiary/aromatic N) is 1. The van der Waals surface area contributed by atoms with Crippen molar-refractivity contribution in [3.8, 4) is 11.1 Å². The molecule has 1 atom stereocenters. The number of benzene rings is 3. The number of carbonyl (C=O) groups excluding carboxylic acids is 2. The van der Waals surface area contributed by atoms with Crippen LogP contribution in [0.4, 0.5) is 29.3 Å². The van der Waals surface area contributed by atoms with E-state index in [9.17, 15) is 22.8 Å². The van der Waals surface area contributed by atoms with Crippen LogP contribution in [0.5, 0.6) is 0 Å². The van der Waals surface area contributed by atoms with Crippen molar-refractivity contribution in [1.29, 1.82) is 0 Å². The van der Waals surface area contributed by atoms with E-state index in [1.165, 1.54) is 12.1 Å². The van der Waals surface area contributed by atoms with Gasteiger partial charge in [0.15, 0.2) is 0 Å². The SMILES string of the molecule is O=C(Nc1ccc(C(F)(F)F)cc1)NC1CCCN(c2ccc(-c3ccccc3)cc2)C1=O. The molecule has 0 aliphatic carbocycles. The third-order valence-corrected chi connectivity index (χ3v) is 5.50. The maximum absolute atomic E-state index is 13.0. The van der Waals surface area contributed by atoms with Gasteiger partial charge in [-0.25, -0.2) is 4.79 Å². The first-order valence-electron chi connectivity index (χ1n) is 10.5. The molecule has 1 aliphatic rings. The lowest BCUT2D eigenvalue weighted by atomic mass is 10.0. The maximum atomic E-state index is 13.0. The molecule has 1 saturated heterocycles. The molecule has 5 nitrogen and oxygen atoms in total. The molecule has 3 aromatic rings. The van der Waals surface area contributed by atoms with Crippen LogP contribution in [-0.2, 0) is 11.0 Å². The number of carbonyl (C=O) groups is 2. The van der Waals surface area contributed by atoms with Crippen molar-refractivity contribution in [3.05, 3.63) is 84.4 Å². The summed E-state index contributed by atoms with van der Waals surface area (Å²) in [5.74, 6) is -0.226. The van der Waals surface area contributed by atoms with Crippen LogP contribution in [0.15, 0.2) is 78.9 Å². The number of hydrogen-bond donors (Lipinski definition) is 2. The summed E-state index contributed by atoms with van der Waals surface area (Å²) in [7, 11) is 0. The normalized spacial score (nSPS) is 16.4. The van der Waals surface area contributed by atoms with Gasteiger partial charge < -0.3 is 15.5 Å². The second kappa shape index (κ2) is 9.36. The summed E-state index contributed by atoms with van der Waals surface area (Å²) in [5.41, 5.74) is 2.26. The lowest BCUT2D eigenvalue weighted by molar-refractivity contribution is -0.137. The molecular formula is C25H22F3N3O2. The van der Waals surface area contributed by atoms with Gasteiger partial charge in [-0.1, -0.05) is 42.5 Å². The van der Waals surface area contributed by atoms with E-state index in [0.717, 1.165) is 28.9 Å². The van der Waals surface area contributed by atoms with Crippen molar-refractivity contribution >= 4 is 23.3 Å². The topological polar surface area (TPSA) is 61.4 Å². The van der Waals surface area contributed by atoms with Crippen LogP contribution in [-0.4, -0.2) is 24.5 Å². The van der Waals surface area contributed by atoms with Gasteiger partial charge in [0, 0.05) is 17.9 Å². The molecule has 0 saturated carbocycles. The largest absolute Gasteiger partial charge is 0.416 e. The highest BCUT2D eigenvalue weighted by Crippen LogP contribution is 2.30.